The zero-order valence-corrected chi connectivity index (χ0v) is 8.58. The first-order valence-corrected chi connectivity index (χ1v) is 4.96. The molecule has 0 aromatic heterocycles. The van der Waals surface area contributed by atoms with Crippen LogP contribution in [0.15, 0.2) is 24.3 Å². The van der Waals surface area contributed by atoms with Gasteiger partial charge < -0.3 is 5.11 Å². The van der Waals surface area contributed by atoms with Gasteiger partial charge in [-0.1, -0.05) is 18.2 Å². The van der Waals surface area contributed by atoms with Crippen molar-refractivity contribution in [3.05, 3.63) is 35.4 Å². The minimum Gasteiger partial charge on any atom is -0.508 e. The van der Waals surface area contributed by atoms with Gasteiger partial charge in [-0.05, 0) is 29.9 Å². The van der Waals surface area contributed by atoms with E-state index in [1.807, 2.05) is 12.2 Å². The van der Waals surface area contributed by atoms with Crippen molar-refractivity contribution in [3.8, 4) is 5.75 Å². The molecule has 0 radical (unpaired) electrons. The Kier molecular flexibility index (Phi) is 4.26. The van der Waals surface area contributed by atoms with Gasteiger partial charge in [0.05, 0.1) is 0 Å². The first kappa shape index (κ1) is 10.9. The fraction of sp³-hybridized carbons (Fsp3) is 0.182. The van der Waals surface area contributed by atoms with E-state index < -0.39 is 0 Å². The highest BCUT2D eigenvalue weighted by Crippen LogP contribution is 2.16. The van der Waals surface area contributed by atoms with E-state index in [-0.39, 0.29) is 5.75 Å². The van der Waals surface area contributed by atoms with Crippen LogP contribution in [0.5, 0.6) is 5.75 Å². The molecule has 0 aliphatic heterocycles. The van der Waals surface area contributed by atoms with Crippen molar-refractivity contribution in [2.75, 3.05) is 5.75 Å². The summed E-state index contributed by atoms with van der Waals surface area (Å²) in [6, 6.07) is 4.73. The molecule has 0 aliphatic carbocycles. The van der Waals surface area contributed by atoms with Crippen LogP contribution in [0.3, 0.4) is 0 Å². The maximum atomic E-state index is 10.7. The largest absolute Gasteiger partial charge is 0.508 e. The molecule has 0 saturated heterocycles. The van der Waals surface area contributed by atoms with Crippen molar-refractivity contribution < 1.29 is 9.90 Å². The monoisotopic (exact) mass is 208 g/mol. The number of phenols is 1. The molecule has 0 atom stereocenters. The van der Waals surface area contributed by atoms with Gasteiger partial charge in [-0.25, -0.2) is 0 Å². The second kappa shape index (κ2) is 5.50. The summed E-state index contributed by atoms with van der Waals surface area (Å²) in [7, 11) is 0. The topological polar surface area (TPSA) is 37.3 Å². The van der Waals surface area contributed by atoms with Crippen LogP contribution in [0.2, 0.25) is 0 Å². The van der Waals surface area contributed by atoms with E-state index in [1.54, 1.807) is 12.1 Å². The number of thiol groups is 1. The molecule has 0 fully saturated rings. The van der Waals surface area contributed by atoms with Gasteiger partial charge in [-0.15, -0.1) is 0 Å². The second-order valence-electron chi connectivity index (χ2n) is 2.85. The number of phenolic OH excluding ortho intramolecular Hbond substituents is 1. The first-order valence-electron chi connectivity index (χ1n) is 4.33. The van der Waals surface area contributed by atoms with Gasteiger partial charge in [-0.2, -0.15) is 12.6 Å². The van der Waals surface area contributed by atoms with Crippen molar-refractivity contribution in [2.45, 2.75) is 6.42 Å². The lowest BCUT2D eigenvalue weighted by molar-refractivity contribution is 0.112. The summed E-state index contributed by atoms with van der Waals surface area (Å²) in [4.78, 5) is 10.7. The summed E-state index contributed by atoms with van der Waals surface area (Å²) in [5, 5.41) is 9.15. The highest BCUT2D eigenvalue weighted by atomic mass is 32.1. The predicted molar refractivity (Wildman–Crippen MR) is 61.0 cm³/mol. The van der Waals surface area contributed by atoms with E-state index in [2.05, 4.69) is 12.6 Å². The van der Waals surface area contributed by atoms with Crippen LogP contribution in [0.1, 0.15) is 22.3 Å². The lowest BCUT2D eigenvalue weighted by atomic mass is 10.1. The van der Waals surface area contributed by atoms with Gasteiger partial charge >= 0.3 is 0 Å². The van der Waals surface area contributed by atoms with Gasteiger partial charge in [0, 0.05) is 5.56 Å². The third-order valence-corrected chi connectivity index (χ3v) is 2.05. The predicted octanol–water partition coefficient (Wildman–Crippen LogP) is 2.54. The molecule has 0 bridgehead atoms. The van der Waals surface area contributed by atoms with Crippen LogP contribution in [0, 0.1) is 0 Å². The third-order valence-electron chi connectivity index (χ3n) is 1.79. The second-order valence-corrected chi connectivity index (χ2v) is 3.29. The molecule has 3 heteroatoms. The van der Waals surface area contributed by atoms with Crippen molar-refractivity contribution in [3.63, 3.8) is 0 Å². The molecule has 1 aromatic rings. The number of allylic oxidation sites excluding steroid dienone is 1. The summed E-state index contributed by atoms with van der Waals surface area (Å²) in [5.74, 6) is 0.892. The Hall–Kier alpha value is -1.22. The Morgan fingerprint density at radius 2 is 2.14 bits per heavy atom. The molecule has 2 nitrogen and oxygen atoms in total. The number of hydrogen-bond donors (Lipinski definition) is 2. The molecule has 0 aliphatic rings. The molecule has 0 amide bonds. The number of rotatable bonds is 4. The van der Waals surface area contributed by atoms with Gasteiger partial charge in [0.15, 0.2) is 6.29 Å². The maximum absolute atomic E-state index is 10.7. The Morgan fingerprint density at radius 1 is 1.36 bits per heavy atom. The molecular weight excluding hydrogens is 196 g/mol. The minimum absolute atomic E-state index is 0.110. The number of hydrogen-bond acceptors (Lipinski definition) is 3. The number of benzene rings is 1. The van der Waals surface area contributed by atoms with E-state index in [9.17, 15) is 4.79 Å². The SMILES string of the molecule is O=Cc1cc(O)ccc1C=CCCS. The van der Waals surface area contributed by atoms with Crippen LogP contribution in [0.25, 0.3) is 6.08 Å². The molecule has 0 saturated carbocycles. The Labute approximate surface area is 88.7 Å². The van der Waals surface area contributed by atoms with Crippen LogP contribution < -0.4 is 0 Å². The van der Waals surface area contributed by atoms with E-state index >= 15 is 0 Å². The number of aromatic hydroxyl groups is 1. The first-order chi connectivity index (χ1) is 6.77. The molecule has 1 aromatic carbocycles. The molecule has 0 unspecified atom stereocenters. The maximum Gasteiger partial charge on any atom is 0.150 e. The quantitative estimate of drug-likeness (QED) is 0.589. The van der Waals surface area contributed by atoms with Crippen LogP contribution in [-0.4, -0.2) is 17.1 Å². The summed E-state index contributed by atoms with van der Waals surface area (Å²) in [6.45, 7) is 0. The Balaban J connectivity index is 2.90. The standard InChI is InChI=1S/C11H12O2S/c12-8-10-7-11(13)5-4-9(10)3-1-2-6-14/h1,3-5,7-8,13-14H,2,6H2. The molecule has 0 heterocycles. The average molecular weight is 208 g/mol. The zero-order chi connectivity index (χ0) is 10.4. The van der Waals surface area contributed by atoms with E-state index in [1.165, 1.54) is 6.07 Å². The van der Waals surface area contributed by atoms with Crippen LogP contribution in [0.4, 0.5) is 0 Å². The van der Waals surface area contributed by atoms with Crippen LogP contribution >= 0.6 is 12.6 Å². The van der Waals surface area contributed by atoms with E-state index in [4.69, 9.17) is 5.11 Å². The Bertz CT molecular complexity index is 345. The zero-order valence-electron chi connectivity index (χ0n) is 7.68. The van der Waals surface area contributed by atoms with Crippen LogP contribution in [-0.2, 0) is 0 Å². The molecule has 0 spiro atoms. The molecule has 14 heavy (non-hydrogen) atoms. The van der Waals surface area contributed by atoms with E-state index in [0.29, 0.717) is 5.56 Å². The summed E-state index contributed by atoms with van der Waals surface area (Å²) < 4.78 is 0. The fourth-order valence-electron chi connectivity index (χ4n) is 1.10. The molecule has 74 valence electrons. The molecule has 1 rings (SSSR count). The Morgan fingerprint density at radius 3 is 2.79 bits per heavy atom. The molecule has 1 N–H and O–H groups in total. The van der Waals surface area contributed by atoms with Crippen molar-refractivity contribution in [2.24, 2.45) is 0 Å². The van der Waals surface area contributed by atoms with Gasteiger partial charge in [0.25, 0.3) is 0 Å². The minimum atomic E-state index is 0.110. The van der Waals surface area contributed by atoms with Gasteiger partial charge in [0.2, 0.25) is 0 Å². The number of carbonyl (C=O) groups excluding carboxylic acids is 1. The van der Waals surface area contributed by atoms with Crippen molar-refractivity contribution in [1.29, 1.82) is 0 Å². The highest BCUT2D eigenvalue weighted by molar-refractivity contribution is 7.80. The highest BCUT2D eigenvalue weighted by Gasteiger charge is 1.98. The van der Waals surface area contributed by atoms with Crippen molar-refractivity contribution >= 4 is 25.0 Å². The average Bonchev–Trinajstić information content (AvgIpc) is 2.20. The molecular formula is C11H12O2S. The normalized spacial score (nSPS) is 10.6. The smallest absolute Gasteiger partial charge is 0.150 e. The summed E-state index contributed by atoms with van der Waals surface area (Å²) in [5.41, 5.74) is 1.32. The summed E-state index contributed by atoms with van der Waals surface area (Å²) >= 11 is 4.07. The van der Waals surface area contributed by atoms with E-state index in [0.717, 1.165) is 24.0 Å². The number of carbonyl (C=O) groups is 1. The van der Waals surface area contributed by atoms with Gasteiger partial charge in [0.1, 0.15) is 5.75 Å². The fourth-order valence-corrected chi connectivity index (χ4v) is 1.25. The lowest BCUT2D eigenvalue weighted by Crippen LogP contribution is -1.85. The van der Waals surface area contributed by atoms with Crippen molar-refractivity contribution in [1.82, 2.24) is 0 Å². The number of aldehydes is 1. The van der Waals surface area contributed by atoms with Gasteiger partial charge in [-0.3, -0.25) is 4.79 Å². The lowest BCUT2D eigenvalue weighted by Gasteiger charge is -1.99. The third kappa shape index (κ3) is 2.92. The summed E-state index contributed by atoms with van der Waals surface area (Å²) in [6.07, 6.45) is 5.41.